The smallest absolute Gasteiger partial charge is 0.319 e. The summed E-state index contributed by atoms with van der Waals surface area (Å²) in [5.74, 6) is -0.279. The van der Waals surface area contributed by atoms with Crippen molar-refractivity contribution < 1.29 is 14.4 Å². The number of benzene rings is 2. The SMILES string of the molecule is CC[C@H](C)c1ccc(C(=O)CN2C(=O)N[C@@](C)(c3cccc(Br)c3)C2=O)cc1. The Kier molecular flexibility index (Phi) is 5.70. The fraction of sp³-hybridized carbons (Fsp3) is 0.318. The maximum absolute atomic E-state index is 13.0. The Morgan fingerprint density at radius 3 is 2.46 bits per heavy atom. The van der Waals surface area contributed by atoms with Crippen LogP contribution in [-0.2, 0) is 10.3 Å². The zero-order chi connectivity index (χ0) is 20.5. The Balaban J connectivity index is 1.78. The van der Waals surface area contributed by atoms with E-state index in [9.17, 15) is 14.4 Å². The van der Waals surface area contributed by atoms with Crippen LogP contribution in [-0.4, -0.2) is 29.2 Å². The van der Waals surface area contributed by atoms with Gasteiger partial charge in [-0.3, -0.25) is 14.5 Å². The van der Waals surface area contributed by atoms with Gasteiger partial charge in [0.15, 0.2) is 5.78 Å². The van der Waals surface area contributed by atoms with Crippen molar-refractivity contribution in [3.63, 3.8) is 0 Å². The largest absolute Gasteiger partial charge is 0.325 e. The first-order valence-corrected chi connectivity index (χ1v) is 10.1. The summed E-state index contributed by atoms with van der Waals surface area (Å²) >= 11 is 3.38. The molecule has 0 aromatic heterocycles. The number of Topliss-reactive ketones (excluding diaryl/α,β-unsaturated/α-hetero) is 1. The number of rotatable bonds is 6. The molecule has 0 bridgehead atoms. The quantitative estimate of drug-likeness (QED) is 0.524. The summed E-state index contributed by atoms with van der Waals surface area (Å²) in [7, 11) is 0. The molecule has 3 rings (SSSR count). The fourth-order valence-electron chi connectivity index (χ4n) is 3.30. The molecule has 1 fully saturated rings. The van der Waals surface area contributed by atoms with Gasteiger partial charge in [0, 0.05) is 10.0 Å². The summed E-state index contributed by atoms with van der Waals surface area (Å²) in [5.41, 5.74) is 1.12. The second-order valence-electron chi connectivity index (χ2n) is 7.31. The topological polar surface area (TPSA) is 66.5 Å². The molecule has 0 radical (unpaired) electrons. The highest BCUT2D eigenvalue weighted by atomic mass is 79.9. The van der Waals surface area contributed by atoms with Gasteiger partial charge in [-0.05, 0) is 42.5 Å². The van der Waals surface area contributed by atoms with Gasteiger partial charge < -0.3 is 5.32 Å². The summed E-state index contributed by atoms with van der Waals surface area (Å²) < 4.78 is 0.809. The minimum absolute atomic E-state index is 0.266. The van der Waals surface area contributed by atoms with Gasteiger partial charge in [0.25, 0.3) is 5.91 Å². The van der Waals surface area contributed by atoms with E-state index in [1.165, 1.54) is 0 Å². The highest BCUT2D eigenvalue weighted by molar-refractivity contribution is 9.10. The molecule has 1 saturated heterocycles. The van der Waals surface area contributed by atoms with Gasteiger partial charge in [0.05, 0.1) is 6.54 Å². The molecule has 0 saturated carbocycles. The number of urea groups is 1. The first-order valence-electron chi connectivity index (χ1n) is 9.29. The van der Waals surface area contributed by atoms with Crippen LogP contribution in [0.4, 0.5) is 4.79 Å². The van der Waals surface area contributed by atoms with E-state index in [4.69, 9.17) is 0 Å². The minimum atomic E-state index is -1.19. The van der Waals surface area contributed by atoms with Crippen LogP contribution in [0.15, 0.2) is 53.0 Å². The second-order valence-corrected chi connectivity index (χ2v) is 8.23. The first kappa shape index (κ1) is 20.3. The van der Waals surface area contributed by atoms with E-state index in [1.54, 1.807) is 37.3 Å². The van der Waals surface area contributed by atoms with Crippen LogP contribution in [0.3, 0.4) is 0 Å². The number of imide groups is 1. The molecule has 0 unspecified atom stereocenters. The van der Waals surface area contributed by atoms with Crippen molar-refractivity contribution in [1.82, 2.24) is 10.2 Å². The molecule has 1 aliphatic rings. The molecule has 5 nitrogen and oxygen atoms in total. The number of carbonyl (C=O) groups excluding carboxylic acids is 3. The lowest BCUT2D eigenvalue weighted by Crippen LogP contribution is -2.41. The molecule has 0 aliphatic carbocycles. The van der Waals surface area contributed by atoms with Crippen molar-refractivity contribution in [1.29, 1.82) is 0 Å². The van der Waals surface area contributed by atoms with Crippen molar-refractivity contribution in [3.8, 4) is 0 Å². The van der Waals surface area contributed by atoms with Crippen LogP contribution in [0.1, 0.15) is 54.6 Å². The molecule has 28 heavy (non-hydrogen) atoms. The van der Waals surface area contributed by atoms with Crippen molar-refractivity contribution >= 4 is 33.7 Å². The lowest BCUT2D eigenvalue weighted by molar-refractivity contribution is -0.130. The van der Waals surface area contributed by atoms with Crippen LogP contribution in [0.25, 0.3) is 0 Å². The number of hydrogen-bond acceptors (Lipinski definition) is 3. The predicted octanol–water partition coefficient (Wildman–Crippen LogP) is 4.61. The fourth-order valence-corrected chi connectivity index (χ4v) is 3.70. The van der Waals surface area contributed by atoms with E-state index < -0.39 is 17.5 Å². The molecular weight excluding hydrogens is 420 g/mol. The minimum Gasteiger partial charge on any atom is -0.319 e. The Morgan fingerprint density at radius 1 is 1.18 bits per heavy atom. The van der Waals surface area contributed by atoms with Crippen LogP contribution in [0.2, 0.25) is 0 Å². The monoisotopic (exact) mass is 442 g/mol. The van der Waals surface area contributed by atoms with E-state index in [0.717, 1.165) is 21.4 Å². The van der Waals surface area contributed by atoms with Crippen molar-refractivity contribution in [2.45, 2.75) is 38.6 Å². The Hall–Kier alpha value is -2.47. The normalized spacial score (nSPS) is 20.2. The standard InChI is InChI=1S/C22H23BrN2O3/c1-4-14(2)15-8-10-16(11-9-15)19(26)13-25-20(27)22(3,24-21(25)28)17-6-5-7-18(23)12-17/h5-12,14H,4,13H2,1-3H3,(H,24,28)/t14-,22-/m0/s1. The van der Waals surface area contributed by atoms with Crippen molar-refractivity contribution in [3.05, 3.63) is 69.7 Å². The summed E-state index contributed by atoms with van der Waals surface area (Å²) in [6, 6.07) is 14.0. The number of halogens is 1. The van der Waals surface area contributed by atoms with E-state index in [0.29, 0.717) is 17.0 Å². The third-order valence-electron chi connectivity index (χ3n) is 5.39. The lowest BCUT2D eigenvalue weighted by atomic mass is 9.92. The molecule has 0 spiro atoms. The van der Waals surface area contributed by atoms with Crippen LogP contribution in [0, 0.1) is 0 Å². The van der Waals surface area contributed by atoms with Gasteiger partial charge in [-0.2, -0.15) is 0 Å². The van der Waals surface area contributed by atoms with Crippen LogP contribution >= 0.6 is 15.9 Å². The van der Waals surface area contributed by atoms with Gasteiger partial charge in [-0.15, -0.1) is 0 Å². The van der Waals surface area contributed by atoms with E-state index in [-0.39, 0.29) is 12.3 Å². The number of nitrogens with one attached hydrogen (secondary N) is 1. The highest BCUT2D eigenvalue weighted by Crippen LogP contribution is 2.30. The summed E-state index contributed by atoms with van der Waals surface area (Å²) in [5, 5.41) is 2.73. The maximum Gasteiger partial charge on any atom is 0.325 e. The van der Waals surface area contributed by atoms with Crippen LogP contribution < -0.4 is 5.32 Å². The molecule has 2 aromatic carbocycles. The molecular formula is C22H23BrN2O3. The van der Waals surface area contributed by atoms with Crippen molar-refractivity contribution in [2.75, 3.05) is 6.54 Å². The average molecular weight is 443 g/mol. The third kappa shape index (κ3) is 3.74. The van der Waals surface area contributed by atoms with Gasteiger partial charge in [-0.1, -0.05) is 66.2 Å². The third-order valence-corrected chi connectivity index (χ3v) is 5.89. The molecule has 2 aromatic rings. The second kappa shape index (κ2) is 7.87. The Bertz CT molecular complexity index is 926. The number of carbonyl (C=O) groups is 3. The van der Waals surface area contributed by atoms with Gasteiger partial charge in [0.1, 0.15) is 5.54 Å². The molecule has 1 aliphatic heterocycles. The first-order chi connectivity index (χ1) is 13.3. The summed E-state index contributed by atoms with van der Waals surface area (Å²) in [6.07, 6.45) is 1.02. The van der Waals surface area contributed by atoms with Gasteiger partial charge in [0.2, 0.25) is 0 Å². The molecule has 2 atom stereocenters. The molecule has 146 valence electrons. The number of ketones is 1. The number of nitrogens with zero attached hydrogens (tertiary/aromatic N) is 1. The zero-order valence-electron chi connectivity index (χ0n) is 16.2. The zero-order valence-corrected chi connectivity index (χ0v) is 17.7. The summed E-state index contributed by atoms with van der Waals surface area (Å²) in [6.45, 7) is 5.62. The molecule has 1 N–H and O–H groups in total. The predicted molar refractivity (Wildman–Crippen MR) is 111 cm³/mol. The van der Waals surface area contributed by atoms with E-state index >= 15 is 0 Å². The number of hydrogen-bond donors (Lipinski definition) is 1. The van der Waals surface area contributed by atoms with E-state index in [1.807, 2.05) is 18.2 Å². The van der Waals surface area contributed by atoms with Gasteiger partial charge >= 0.3 is 6.03 Å². The summed E-state index contributed by atoms with van der Waals surface area (Å²) in [4.78, 5) is 39.1. The highest BCUT2D eigenvalue weighted by Gasteiger charge is 2.49. The number of amides is 3. The Labute approximate surface area is 173 Å². The van der Waals surface area contributed by atoms with Crippen LogP contribution in [0.5, 0.6) is 0 Å². The average Bonchev–Trinajstić information content (AvgIpc) is 2.91. The Morgan fingerprint density at radius 2 is 1.86 bits per heavy atom. The lowest BCUT2D eigenvalue weighted by Gasteiger charge is -2.22. The maximum atomic E-state index is 13.0. The van der Waals surface area contributed by atoms with E-state index in [2.05, 4.69) is 35.1 Å². The van der Waals surface area contributed by atoms with Crippen molar-refractivity contribution in [2.24, 2.45) is 0 Å². The molecule has 3 amide bonds. The van der Waals surface area contributed by atoms with Gasteiger partial charge in [-0.25, -0.2) is 4.79 Å². The molecule has 1 heterocycles. The molecule has 6 heteroatoms.